The summed E-state index contributed by atoms with van der Waals surface area (Å²) in [7, 11) is 1.53. The Morgan fingerprint density at radius 3 is 2.71 bits per heavy atom. The van der Waals surface area contributed by atoms with Crippen LogP contribution in [0.3, 0.4) is 0 Å². The highest BCUT2D eigenvalue weighted by Gasteiger charge is 2.66. The van der Waals surface area contributed by atoms with Gasteiger partial charge in [-0.05, 0) is 74.5 Å². The van der Waals surface area contributed by atoms with Gasteiger partial charge in [0.2, 0.25) is 0 Å². The molecule has 4 aliphatic carbocycles. The highest BCUT2D eigenvalue weighted by Crippen LogP contribution is 2.72. The summed E-state index contributed by atoms with van der Waals surface area (Å²) in [6, 6.07) is 0. The molecule has 2 bridgehead atoms. The molecule has 0 aromatic heterocycles. The number of aliphatic hydroxyl groups excluding tert-OH is 1. The van der Waals surface area contributed by atoms with Crippen molar-refractivity contribution < 1.29 is 14.6 Å². The molecule has 4 aliphatic rings. The molecule has 0 amide bonds. The van der Waals surface area contributed by atoms with Crippen LogP contribution >= 0.6 is 0 Å². The van der Waals surface area contributed by atoms with E-state index in [-0.39, 0.29) is 22.9 Å². The fourth-order valence-corrected chi connectivity index (χ4v) is 7.79. The zero-order valence-electron chi connectivity index (χ0n) is 15.4. The number of rotatable bonds is 1. The molecule has 4 saturated carbocycles. The van der Waals surface area contributed by atoms with Crippen LogP contribution < -0.4 is 0 Å². The first kappa shape index (κ1) is 16.6. The van der Waals surface area contributed by atoms with Crippen molar-refractivity contribution in [1.82, 2.24) is 0 Å². The summed E-state index contributed by atoms with van der Waals surface area (Å²) in [5.41, 5.74) is 1.38. The lowest BCUT2D eigenvalue weighted by Crippen LogP contribution is -2.59. The molecular weight excluding hydrogens is 300 g/mol. The van der Waals surface area contributed by atoms with Gasteiger partial charge in [0.1, 0.15) is 0 Å². The summed E-state index contributed by atoms with van der Waals surface area (Å²) in [4.78, 5) is 12.6. The summed E-state index contributed by atoms with van der Waals surface area (Å²) < 4.78 is 5.22. The minimum absolute atomic E-state index is 0.0283. The van der Waals surface area contributed by atoms with Crippen LogP contribution in [0.25, 0.3) is 0 Å². The average Bonchev–Trinajstić information content (AvgIpc) is 2.82. The molecule has 0 unspecified atom stereocenters. The molecule has 1 N–H and O–H groups in total. The van der Waals surface area contributed by atoms with Gasteiger partial charge in [0.15, 0.2) is 0 Å². The number of aliphatic hydroxyl groups is 1. The second-order valence-corrected chi connectivity index (χ2v) is 9.72. The van der Waals surface area contributed by atoms with Gasteiger partial charge in [0.05, 0.1) is 18.6 Å². The topological polar surface area (TPSA) is 46.5 Å². The van der Waals surface area contributed by atoms with E-state index in [0.717, 1.165) is 38.5 Å². The summed E-state index contributed by atoms with van der Waals surface area (Å²) >= 11 is 0. The zero-order valence-corrected chi connectivity index (χ0v) is 15.4. The van der Waals surface area contributed by atoms with E-state index in [9.17, 15) is 9.90 Å². The molecule has 3 nitrogen and oxygen atoms in total. The first-order valence-electron chi connectivity index (χ1n) is 9.71. The number of hydrogen-bond acceptors (Lipinski definition) is 3. The summed E-state index contributed by atoms with van der Waals surface area (Å²) in [5, 5.41) is 10.7. The molecule has 0 saturated heterocycles. The highest BCUT2D eigenvalue weighted by atomic mass is 16.5. The number of ether oxygens (including phenoxy) is 1. The second-order valence-electron chi connectivity index (χ2n) is 9.72. The lowest BCUT2D eigenvalue weighted by atomic mass is 9.41. The van der Waals surface area contributed by atoms with Gasteiger partial charge in [-0.1, -0.05) is 25.5 Å². The monoisotopic (exact) mass is 332 g/mol. The molecule has 0 aromatic rings. The molecule has 7 atom stereocenters. The normalized spacial score (nSPS) is 53.2. The van der Waals surface area contributed by atoms with E-state index in [4.69, 9.17) is 4.74 Å². The predicted octanol–water partition coefficient (Wildman–Crippen LogP) is 4.10. The van der Waals surface area contributed by atoms with E-state index in [1.54, 1.807) is 0 Å². The third-order valence-corrected chi connectivity index (χ3v) is 8.77. The second kappa shape index (κ2) is 5.09. The minimum atomic E-state index is -0.360. The van der Waals surface area contributed by atoms with Crippen molar-refractivity contribution in [2.45, 2.75) is 71.3 Å². The predicted molar refractivity (Wildman–Crippen MR) is 93.2 cm³/mol. The smallest absolute Gasteiger partial charge is 0.311 e. The maximum Gasteiger partial charge on any atom is 0.311 e. The van der Waals surface area contributed by atoms with Gasteiger partial charge in [0.25, 0.3) is 0 Å². The number of carbonyl (C=O) groups excluding carboxylic acids is 1. The number of methoxy groups -OCH3 is 1. The molecule has 0 heterocycles. The van der Waals surface area contributed by atoms with Crippen molar-refractivity contribution in [3.8, 4) is 0 Å². The SMILES string of the molecule is C=C1C[C@@]23CC[C@H]4[C@@](C)(CCC[C@@]4(C)C(=O)OC)[C@@H]2C[C@H](O)[C@@H]1C3. The van der Waals surface area contributed by atoms with Crippen molar-refractivity contribution in [3.63, 3.8) is 0 Å². The van der Waals surface area contributed by atoms with Gasteiger partial charge in [-0.25, -0.2) is 0 Å². The van der Waals surface area contributed by atoms with Crippen LogP contribution in [0.2, 0.25) is 0 Å². The van der Waals surface area contributed by atoms with E-state index in [1.807, 2.05) is 0 Å². The number of fused-ring (bicyclic) bond motifs is 3. The Hall–Kier alpha value is -0.830. The fraction of sp³-hybridized carbons (Fsp3) is 0.857. The third kappa shape index (κ3) is 1.91. The van der Waals surface area contributed by atoms with Crippen LogP contribution in [0.15, 0.2) is 12.2 Å². The molecule has 0 aliphatic heterocycles. The van der Waals surface area contributed by atoms with Gasteiger partial charge >= 0.3 is 5.97 Å². The van der Waals surface area contributed by atoms with Crippen molar-refractivity contribution in [1.29, 1.82) is 0 Å². The number of esters is 1. The first-order valence-corrected chi connectivity index (χ1v) is 9.71. The van der Waals surface area contributed by atoms with Gasteiger partial charge in [-0.15, -0.1) is 0 Å². The fourth-order valence-electron chi connectivity index (χ4n) is 7.79. The number of hydrogen-bond donors (Lipinski definition) is 1. The maximum absolute atomic E-state index is 12.6. The molecule has 24 heavy (non-hydrogen) atoms. The Labute approximate surface area is 145 Å². The van der Waals surface area contributed by atoms with E-state index in [2.05, 4.69) is 20.4 Å². The standard InChI is InChI=1S/C21H32O3/c1-13-11-21-9-6-16-19(2,17(21)10-15(22)14(13)12-21)7-5-8-20(16,3)18(23)24-4/h14-17,22H,1,5-12H2,2-4H3/t14-,15+,16+,17+,19-,20-,21-/m1/s1. The van der Waals surface area contributed by atoms with Gasteiger partial charge in [0, 0.05) is 5.92 Å². The van der Waals surface area contributed by atoms with Crippen molar-refractivity contribution in [2.75, 3.05) is 7.11 Å². The third-order valence-electron chi connectivity index (χ3n) is 8.77. The quantitative estimate of drug-likeness (QED) is 0.581. The molecule has 0 radical (unpaired) electrons. The Bertz CT molecular complexity index is 584. The minimum Gasteiger partial charge on any atom is -0.469 e. The lowest BCUT2D eigenvalue weighted by Gasteiger charge is -2.63. The van der Waals surface area contributed by atoms with E-state index >= 15 is 0 Å². The molecular formula is C21H32O3. The van der Waals surface area contributed by atoms with Crippen LogP contribution in [-0.2, 0) is 9.53 Å². The Morgan fingerprint density at radius 1 is 1.25 bits per heavy atom. The van der Waals surface area contributed by atoms with Crippen molar-refractivity contribution in [2.24, 2.45) is 34.0 Å². The molecule has 0 aromatic carbocycles. The van der Waals surface area contributed by atoms with Crippen LogP contribution in [0.1, 0.15) is 65.2 Å². The molecule has 1 spiro atoms. The summed E-state index contributed by atoms with van der Waals surface area (Å²) in [6.07, 6.45) is 8.39. The van der Waals surface area contributed by atoms with E-state index in [1.165, 1.54) is 25.5 Å². The highest BCUT2D eigenvalue weighted by molar-refractivity contribution is 5.77. The van der Waals surface area contributed by atoms with Gasteiger partial charge in [-0.3, -0.25) is 4.79 Å². The van der Waals surface area contributed by atoms with E-state index < -0.39 is 0 Å². The van der Waals surface area contributed by atoms with Gasteiger partial charge < -0.3 is 9.84 Å². The lowest BCUT2D eigenvalue weighted by molar-refractivity contribution is -0.189. The largest absolute Gasteiger partial charge is 0.469 e. The van der Waals surface area contributed by atoms with Crippen LogP contribution in [-0.4, -0.2) is 24.3 Å². The van der Waals surface area contributed by atoms with Crippen LogP contribution in [0.5, 0.6) is 0 Å². The Balaban J connectivity index is 1.75. The van der Waals surface area contributed by atoms with Gasteiger partial charge in [-0.2, -0.15) is 0 Å². The molecule has 134 valence electrons. The van der Waals surface area contributed by atoms with Crippen molar-refractivity contribution >= 4 is 5.97 Å². The molecule has 4 rings (SSSR count). The average molecular weight is 332 g/mol. The number of carbonyl (C=O) groups is 1. The Morgan fingerprint density at radius 2 is 2.00 bits per heavy atom. The first-order chi connectivity index (χ1) is 11.3. The van der Waals surface area contributed by atoms with E-state index in [0.29, 0.717) is 23.2 Å². The molecule has 3 heteroatoms. The van der Waals surface area contributed by atoms with Crippen LogP contribution in [0, 0.1) is 34.0 Å². The summed E-state index contributed by atoms with van der Waals surface area (Å²) in [5.74, 6) is 1.18. The van der Waals surface area contributed by atoms with Crippen LogP contribution in [0.4, 0.5) is 0 Å². The zero-order chi connectivity index (χ0) is 17.3. The van der Waals surface area contributed by atoms with Crippen molar-refractivity contribution in [3.05, 3.63) is 12.2 Å². The maximum atomic E-state index is 12.6. The Kier molecular flexibility index (Phi) is 3.53. The summed E-state index contributed by atoms with van der Waals surface area (Å²) in [6.45, 7) is 8.84. The molecule has 4 fully saturated rings.